The van der Waals surface area contributed by atoms with Crippen molar-refractivity contribution in [3.8, 4) is 11.3 Å². The lowest BCUT2D eigenvalue weighted by Crippen LogP contribution is -2.32. The molecule has 1 amide bonds. The second-order valence-electron chi connectivity index (χ2n) is 5.50. The number of rotatable bonds is 7. The largest absolute Gasteiger partial charge is 0.367 e. The van der Waals surface area contributed by atoms with Crippen LogP contribution in [0, 0.1) is 6.92 Å². The molecule has 0 aliphatic carbocycles. The highest BCUT2D eigenvalue weighted by atomic mass is 16.2. The van der Waals surface area contributed by atoms with E-state index in [1.54, 1.807) is 6.20 Å². The Morgan fingerprint density at radius 3 is 2.64 bits per heavy atom. The summed E-state index contributed by atoms with van der Waals surface area (Å²) in [5, 5.41) is 21.9. The van der Waals surface area contributed by atoms with E-state index in [2.05, 4.69) is 31.1 Å². The molecule has 3 rings (SSSR count). The first-order chi connectivity index (χ1) is 12.2. The van der Waals surface area contributed by atoms with Crippen LogP contribution in [-0.2, 0) is 11.3 Å². The van der Waals surface area contributed by atoms with Crippen LogP contribution >= 0.6 is 0 Å². The summed E-state index contributed by atoms with van der Waals surface area (Å²) >= 11 is 0. The van der Waals surface area contributed by atoms with Crippen molar-refractivity contribution in [2.45, 2.75) is 13.5 Å². The highest BCUT2D eigenvalue weighted by Gasteiger charge is 2.07. The lowest BCUT2D eigenvalue weighted by Gasteiger charge is -2.07. The van der Waals surface area contributed by atoms with Crippen LogP contribution in [0.2, 0.25) is 0 Å². The predicted molar refractivity (Wildman–Crippen MR) is 93.7 cm³/mol. The zero-order valence-corrected chi connectivity index (χ0v) is 13.9. The molecule has 1 aromatic carbocycles. The van der Waals surface area contributed by atoms with Crippen LogP contribution in [0.1, 0.15) is 5.69 Å². The molecule has 25 heavy (non-hydrogen) atoms. The van der Waals surface area contributed by atoms with E-state index >= 15 is 0 Å². The molecule has 0 aliphatic heterocycles. The van der Waals surface area contributed by atoms with Crippen molar-refractivity contribution >= 4 is 11.7 Å². The smallest absolute Gasteiger partial charge is 0.241 e. The molecular weight excluding hydrogens is 318 g/mol. The lowest BCUT2D eigenvalue weighted by molar-refractivity contribution is -0.121. The van der Waals surface area contributed by atoms with Crippen molar-refractivity contribution < 1.29 is 4.79 Å². The molecule has 0 saturated carbocycles. The first-order valence-corrected chi connectivity index (χ1v) is 7.97. The molecule has 0 saturated heterocycles. The fraction of sp³-hybridized carbons (Fsp3) is 0.235. The van der Waals surface area contributed by atoms with Gasteiger partial charge in [-0.3, -0.25) is 4.79 Å². The maximum absolute atomic E-state index is 12.0. The first-order valence-electron chi connectivity index (χ1n) is 7.97. The number of carbonyl (C=O) groups is 1. The van der Waals surface area contributed by atoms with Crippen molar-refractivity contribution in [3.05, 3.63) is 54.4 Å². The number of benzene rings is 1. The molecular formula is C17H19N7O. The van der Waals surface area contributed by atoms with Gasteiger partial charge in [0.25, 0.3) is 0 Å². The van der Waals surface area contributed by atoms with E-state index in [9.17, 15) is 4.79 Å². The van der Waals surface area contributed by atoms with Gasteiger partial charge in [0.1, 0.15) is 18.1 Å². The summed E-state index contributed by atoms with van der Waals surface area (Å²) in [6.07, 6.45) is 1.76. The standard InChI is InChI=1S/C17H19N7O/c1-13-7-8-16(22-20-13)18-9-10-19-17(25)12-24-11-15(21-23-24)14-5-3-2-4-6-14/h2-8,11H,9-10,12H2,1H3,(H,18,22)(H,19,25). The first kappa shape index (κ1) is 16.6. The Hall–Kier alpha value is -3.29. The van der Waals surface area contributed by atoms with Gasteiger partial charge in [0.15, 0.2) is 0 Å². The van der Waals surface area contributed by atoms with Crippen molar-refractivity contribution in [2.75, 3.05) is 18.4 Å². The quantitative estimate of drug-likeness (QED) is 0.630. The topological polar surface area (TPSA) is 97.6 Å². The fourth-order valence-electron chi connectivity index (χ4n) is 2.21. The minimum atomic E-state index is -0.124. The third-order valence-corrected chi connectivity index (χ3v) is 3.46. The number of nitrogens with one attached hydrogen (secondary N) is 2. The van der Waals surface area contributed by atoms with Crippen LogP contribution < -0.4 is 10.6 Å². The molecule has 2 N–H and O–H groups in total. The molecule has 0 spiro atoms. The second kappa shape index (κ2) is 8.00. The summed E-state index contributed by atoms with van der Waals surface area (Å²) in [5.41, 5.74) is 2.58. The van der Waals surface area contributed by atoms with Gasteiger partial charge in [0.05, 0.1) is 11.9 Å². The van der Waals surface area contributed by atoms with Gasteiger partial charge < -0.3 is 10.6 Å². The number of aromatic nitrogens is 5. The Bertz CT molecular complexity index is 815. The van der Waals surface area contributed by atoms with Crippen LogP contribution in [0.4, 0.5) is 5.82 Å². The molecule has 128 valence electrons. The Morgan fingerprint density at radius 2 is 1.88 bits per heavy atom. The summed E-state index contributed by atoms with van der Waals surface area (Å²) in [6, 6.07) is 13.5. The minimum Gasteiger partial charge on any atom is -0.367 e. The Morgan fingerprint density at radius 1 is 1.04 bits per heavy atom. The fourth-order valence-corrected chi connectivity index (χ4v) is 2.21. The average molecular weight is 337 g/mol. The van der Waals surface area contributed by atoms with Crippen molar-refractivity contribution in [1.82, 2.24) is 30.5 Å². The van der Waals surface area contributed by atoms with E-state index in [1.807, 2.05) is 49.4 Å². The molecule has 2 heterocycles. The number of aryl methyl sites for hydroxylation is 1. The highest BCUT2D eigenvalue weighted by molar-refractivity contribution is 5.75. The van der Waals surface area contributed by atoms with E-state index in [4.69, 9.17) is 0 Å². The van der Waals surface area contributed by atoms with Gasteiger partial charge in [-0.1, -0.05) is 35.5 Å². The van der Waals surface area contributed by atoms with E-state index < -0.39 is 0 Å². The van der Waals surface area contributed by atoms with Gasteiger partial charge in [-0.15, -0.1) is 10.2 Å². The van der Waals surface area contributed by atoms with Crippen LogP contribution in [0.5, 0.6) is 0 Å². The van der Waals surface area contributed by atoms with Crippen LogP contribution in [-0.4, -0.2) is 44.2 Å². The molecule has 0 fully saturated rings. The van der Waals surface area contributed by atoms with Gasteiger partial charge in [0, 0.05) is 18.7 Å². The zero-order chi connectivity index (χ0) is 17.5. The molecule has 3 aromatic rings. The van der Waals surface area contributed by atoms with Gasteiger partial charge in [-0.05, 0) is 19.1 Å². The Balaban J connectivity index is 1.42. The molecule has 0 radical (unpaired) electrons. The number of carbonyl (C=O) groups excluding carboxylic acids is 1. The number of anilines is 1. The number of amides is 1. The third kappa shape index (κ3) is 4.84. The summed E-state index contributed by atoms with van der Waals surface area (Å²) < 4.78 is 1.52. The molecule has 0 aliphatic rings. The molecule has 8 nitrogen and oxygen atoms in total. The van der Waals surface area contributed by atoms with E-state index in [-0.39, 0.29) is 12.5 Å². The molecule has 0 unspecified atom stereocenters. The second-order valence-corrected chi connectivity index (χ2v) is 5.50. The van der Waals surface area contributed by atoms with Gasteiger partial charge in [-0.2, -0.15) is 5.10 Å². The minimum absolute atomic E-state index is 0.124. The van der Waals surface area contributed by atoms with Crippen molar-refractivity contribution in [2.24, 2.45) is 0 Å². The van der Waals surface area contributed by atoms with Crippen LogP contribution in [0.15, 0.2) is 48.7 Å². The third-order valence-electron chi connectivity index (χ3n) is 3.46. The van der Waals surface area contributed by atoms with Gasteiger partial charge in [0.2, 0.25) is 5.91 Å². The molecule has 0 atom stereocenters. The van der Waals surface area contributed by atoms with E-state index in [0.29, 0.717) is 18.9 Å². The summed E-state index contributed by atoms with van der Waals surface area (Å²) in [6.45, 7) is 3.05. The van der Waals surface area contributed by atoms with Crippen molar-refractivity contribution in [1.29, 1.82) is 0 Å². The number of nitrogens with zero attached hydrogens (tertiary/aromatic N) is 5. The SMILES string of the molecule is Cc1ccc(NCCNC(=O)Cn2cc(-c3ccccc3)nn2)nn1. The van der Waals surface area contributed by atoms with Gasteiger partial charge in [-0.25, -0.2) is 4.68 Å². The Labute approximate surface area is 145 Å². The van der Waals surface area contributed by atoms with Crippen molar-refractivity contribution in [3.63, 3.8) is 0 Å². The Kier molecular flexibility index (Phi) is 5.30. The van der Waals surface area contributed by atoms with E-state index in [0.717, 1.165) is 17.0 Å². The van der Waals surface area contributed by atoms with Gasteiger partial charge >= 0.3 is 0 Å². The zero-order valence-electron chi connectivity index (χ0n) is 13.9. The van der Waals surface area contributed by atoms with Crippen LogP contribution in [0.25, 0.3) is 11.3 Å². The highest BCUT2D eigenvalue weighted by Crippen LogP contribution is 2.14. The molecule has 2 aromatic heterocycles. The average Bonchev–Trinajstić information content (AvgIpc) is 3.09. The van der Waals surface area contributed by atoms with E-state index in [1.165, 1.54) is 4.68 Å². The maximum Gasteiger partial charge on any atom is 0.241 e. The number of hydrogen-bond acceptors (Lipinski definition) is 6. The summed E-state index contributed by atoms with van der Waals surface area (Å²) in [5.74, 6) is 0.560. The lowest BCUT2D eigenvalue weighted by atomic mass is 10.2. The predicted octanol–water partition coefficient (Wildman–Crippen LogP) is 1.27. The van der Waals surface area contributed by atoms with Crippen LogP contribution in [0.3, 0.4) is 0 Å². The summed E-state index contributed by atoms with van der Waals surface area (Å²) in [4.78, 5) is 12.0. The molecule has 0 bridgehead atoms. The normalized spacial score (nSPS) is 10.4. The maximum atomic E-state index is 12.0. The number of hydrogen-bond donors (Lipinski definition) is 2. The monoisotopic (exact) mass is 337 g/mol. The summed E-state index contributed by atoms with van der Waals surface area (Å²) in [7, 11) is 0. The molecule has 8 heteroatoms.